The number of aromatic hydroxyl groups is 1. The Morgan fingerprint density at radius 2 is 2.16 bits per heavy atom. The molecule has 0 fully saturated rings. The van der Waals surface area contributed by atoms with Crippen molar-refractivity contribution in [3.05, 3.63) is 56.1 Å². The second-order valence-electron chi connectivity index (χ2n) is 5.39. The van der Waals surface area contributed by atoms with Gasteiger partial charge in [-0.15, -0.1) is 0 Å². The van der Waals surface area contributed by atoms with Gasteiger partial charge in [0.25, 0.3) is 5.91 Å². The molecule has 25 heavy (non-hydrogen) atoms. The summed E-state index contributed by atoms with van der Waals surface area (Å²) in [6.45, 7) is 4.01. The SMILES string of the molecule is CC[C@@H](C)Oc1ccc(/C=N\NC(=O)c2ccc(I)c(O)c2)cc1Cl. The maximum Gasteiger partial charge on any atom is 0.271 e. The monoisotopic (exact) mass is 472 g/mol. The van der Waals surface area contributed by atoms with Gasteiger partial charge in [-0.3, -0.25) is 4.79 Å². The van der Waals surface area contributed by atoms with Crippen molar-refractivity contribution in [2.24, 2.45) is 5.10 Å². The molecule has 0 saturated heterocycles. The van der Waals surface area contributed by atoms with Crippen LogP contribution in [-0.4, -0.2) is 23.3 Å². The second kappa shape index (κ2) is 9.05. The van der Waals surface area contributed by atoms with Gasteiger partial charge in [0.1, 0.15) is 11.5 Å². The highest BCUT2D eigenvalue weighted by Crippen LogP contribution is 2.26. The number of hydrogen-bond donors (Lipinski definition) is 2. The number of carbonyl (C=O) groups is 1. The molecular weight excluding hydrogens is 455 g/mol. The Hall–Kier alpha value is -1.80. The summed E-state index contributed by atoms with van der Waals surface area (Å²) < 4.78 is 6.37. The number of benzene rings is 2. The Kier molecular flexibility index (Phi) is 7.07. The lowest BCUT2D eigenvalue weighted by molar-refractivity contribution is 0.0954. The quantitative estimate of drug-likeness (QED) is 0.367. The van der Waals surface area contributed by atoms with E-state index >= 15 is 0 Å². The van der Waals surface area contributed by atoms with E-state index in [2.05, 4.69) is 10.5 Å². The lowest BCUT2D eigenvalue weighted by Gasteiger charge is -2.13. The molecule has 0 saturated carbocycles. The van der Waals surface area contributed by atoms with E-state index in [1.165, 1.54) is 12.3 Å². The molecule has 5 nitrogen and oxygen atoms in total. The van der Waals surface area contributed by atoms with Gasteiger partial charge >= 0.3 is 0 Å². The van der Waals surface area contributed by atoms with Gasteiger partial charge in [-0.2, -0.15) is 5.10 Å². The largest absolute Gasteiger partial charge is 0.507 e. The molecule has 0 aromatic heterocycles. The fourth-order valence-corrected chi connectivity index (χ4v) is 2.45. The molecule has 0 radical (unpaired) electrons. The fourth-order valence-electron chi connectivity index (χ4n) is 1.88. The predicted octanol–water partition coefficient (Wildman–Crippen LogP) is 4.59. The molecule has 0 heterocycles. The summed E-state index contributed by atoms with van der Waals surface area (Å²) in [5, 5.41) is 14.0. The normalized spacial score (nSPS) is 12.2. The van der Waals surface area contributed by atoms with E-state index in [1.807, 2.05) is 36.4 Å². The van der Waals surface area contributed by atoms with Crippen LogP contribution in [0.4, 0.5) is 0 Å². The summed E-state index contributed by atoms with van der Waals surface area (Å²) in [6, 6.07) is 9.95. The highest BCUT2D eigenvalue weighted by Gasteiger charge is 2.08. The first kappa shape index (κ1) is 19.5. The molecule has 0 spiro atoms. The number of hydrazone groups is 1. The number of nitrogens with zero attached hydrogens (tertiary/aromatic N) is 1. The third kappa shape index (κ3) is 5.61. The van der Waals surface area contributed by atoms with E-state index in [9.17, 15) is 9.90 Å². The van der Waals surface area contributed by atoms with Gasteiger partial charge in [0.2, 0.25) is 0 Å². The van der Waals surface area contributed by atoms with E-state index in [0.29, 0.717) is 19.9 Å². The molecule has 7 heteroatoms. The van der Waals surface area contributed by atoms with Crippen LogP contribution in [-0.2, 0) is 0 Å². The van der Waals surface area contributed by atoms with Gasteiger partial charge in [-0.1, -0.05) is 18.5 Å². The zero-order valence-corrected chi connectivity index (χ0v) is 16.7. The standard InChI is InChI=1S/C18H18ClIN2O3/c1-3-11(2)25-17-7-4-12(8-14(17)19)10-21-22-18(24)13-5-6-15(20)16(23)9-13/h4-11,23H,3H2,1-2H3,(H,22,24)/b21-10-/t11-/m1/s1. The summed E-state index contributed by atoms with van der Waals surface area (Å²) in [5.41, 5.74) is 3.47. The van der Waals surface area contributed by atoms with E-state index in [-0.39, 0.29) is 11.9 Å². The Balaban J connectivity index is 2.00. The first-order valence-electron chi connectivity index (χ1n) is 7.68. The topological polar surface area (TPSA) is 70.9 Å². The van der Waals surface area contributed by atoms with Gasteiger partial charge in [-0.05, 0) is 77.9 Å². The summed E-state index contributed by atoms with van der Waals surface area (Å²) in [7, 11) is 0. The van der Waals surface area contributed by atoms with Crippen molar-refractivity contribution >= 4 is 46.3 Å². The molecule has 2 rings (SSSR count). The lowest BCUT2D eigenvalue weighted by Crippen LogP contribution is -2.17. The Morgan fingerprint density at radius 3 is 2.80 bits per heavy atom. The number of hydrogen-bond acceptors (Lipinski definition) is 4. The zero-order chi connectivity index (χ0) is 18.4. The highest BCUT2D eigenvalue weighted by molar-refractivity contribution is 14.1. The molecule has 0 aliphatic carbocycles. The van der Waals surface area contributed by atoms with E-state index < -0.39 is 5.91 Å². The first-order chi connectivity index (χ1) is 11.9. The van der Waals surface area contributed by atoms with Gasteiger partial charge < -0.3 is 9.84 Å². The van der Waals surface area contributed by atoms with Crippen molar-refractivity contribution < 1.29 is 14.6 Å². The van der Waals surface area contributed by atoms with Crippen molar-refractivity contribution in [3.63, 3.8) is 0 Å². The third-order valence-electron chi connectivity index (χ3n) is 3.45. The smallest absolute Gasteiger partial charge is 0.271 e. The molecule has 0 bridgehead atoms. The van der Waals surface area contributed by atoms with Crippen molar-refractivity contribution in [1.29, 1.82) is 0 Å². The molecular formula is C18H18ClIN2O3. The number of amides is 1. The molecule has 1 atom stereocenters. The summed E-state index contributed by atoms with van der Waals surface area (Å²) in [4.78, 5) is 12.0. The van der Waals surface area contributed by atoms with Crippen LogP contribution in [0.2, 0.25) is 5.02 Å². The van der Waals surface area contributed by atoms with Crippen molar-refractivity contribution in [1.82, 2.24) is 5.43 Å². The lowest BCUT2D eigenvalue weighted by atomic mass is 10.2. The van der Waals surface area contributed by atoms with Crippen LogP contribution < -0.4 is 10.2 Å². The van der Waals surface area contributed by atoms with E-state index in [1.54, 1.807) is 30.3 Å². The average molecular weight is 473 g/mol. The van der Waals surface area contributed by atoms with E-state index in [4.69, 9.17) is 16.3 Å². The Bertz CT molecular complexity index is 796. The number of rotatable bonds is 6. The van der Waals surface area contributed by atoms with Crippen molar-refractivity contribution in [3.8, 4) is 11.5 Å². The van der Waals surface area contributed by atoms with Crippen LogP contribution in [0.1, 0.15) is 36.2 Å². The summed E-state index contributed by atoms with van der Waals surface area (Å²) in [6.07, 6.45) is 2.46. The van der Waals surface area contributed by atoms with Gasteiger partial charge in [-0.25, -0.2) is 5.43 Å². The Morgan fingerprint density at radius 1 is 1.40 bits per heavy atom. The molecule has 1 amide bonds. The van der Waals surface area contributed by atoms with Crippen LogP contribution >= 0.6 is 34.2 Å². The predicted molar refractivity (Wildman–Crippen MR) is 108 cm³/mol. The maximum atomic E-state index is 12.0. The Labute approximate surface area is 165 Å². The molecule has 2 aromatic rings. The molecule has 132 valence electrons. The highest BCUT2D eigenvalue weighted by atomic mass is 127. The van der Waals surface area contributed by atoms with Crippen LogP contribution in [0.3, 0.4) is 0 Å². The van der Waals surface area contributed by atoms with Gasteiger partial charge in [0.15, 0.2) is 0 Å². The number of phenolic OH excluding ortho intramolecular Hbond substituents is 1. The average Bonchev–Trinajstić information content (AvgIpc) is 2.59. The van der Waals surface area contributed by atoms with Crippen LogP contribution in [0, 0.1) is 3.57 Å². The summed E-state index contributed by atoms with van der Waals surface area (Å²) >= 11 is 8.18. The third-order valence-corrected chi connectivity index (χ3v) is 4.65. The minimum Gasteiger partial charge on any atom is -0.507 e. The minimum atomic E-state index is -0.411. The molecule has 0 aliphatic rings. The zero-order valence-electron chi connectivity index (χ0n) is 13.8. The van der Waals surface area contributed by atoms with Gasteiger partial charge in [0.05, 0.1) is 20.9 Å². The maximum absolute atomic E-state index is 12.0. The molecule has 0 aliphatic heterocycles. The number of nitrogens with one attached hydrogen (secondary N) is 1. The van der Waals surface area contributed by atoms with Crippen LogP contribution in [0.25, 0.3) is 0 Å². The fraction of sp³-hybridized carbons (Fsp3) is 0.222. The molecule has 2 N–H and O–H groups in total. The van der Waals surface area contributed by atoms with Crippen LogP contribution in [0.15, 0.2) is 41.5 Å². The molecule has 2 aromatic carbocycles. The van der Waals surface area contributed by atoms with Crippen LogP contribution in [0.5, 0.6) is 11.5 Å². The van der Waals surface area contributed by atoms with Gasteiger partial charge in [0, 0.05) is 5.56 Å². The van der Waals surface area contributed by atoms with E-state index in [0.717, 1.165) is 12.0 Å². The first-order valence-corrected chi connectivity index (χ1v) is 9.14. The number of phenols is 1. The summed E-state index contributed by atoms with van der Waals surface area (Å²) in [5.74, 6) is 0.262. The molecule has 0 unspecified atom stereocenters. The van der Waals surface area contributed by atoms with Crippen molar-refractivity contribution in [2.45, 2.75) is 26.4 Å². The number of ether oxygens (including phenoxy) is 1. The minimum absolute atomic E-state index is 0.0564. The second-order valence-corrected chi connectivity index (χ2v) is 6.96. The number of carbonyl (C=O) groups excluding carboxylic acids is 1. The van der Waals surface area contributed by atoms with Crippen molar-refractivity contribution in [2.75, 3.05) is 0 Å². The number of halogens is 2.